The average Bonchev–Trinajstić information content (AvgIpc) is 3.05. The first kappa shape index (κ1) is 17.7. The summed E-state index contributed by atoms with van der Waals surface area (Å²) in [4.78, 5) is 13.5. The van der Waals surface area contributed by atoms with Gasteiger partial charge in [-0.3, -0.25) is 4.79 Å². The van der Waals surface area contributed by atoms with E-state index in [2.05, 4.69) is 5.32 Å². The number of ether oxygens (including phenoxy) is 1. The normalized spacial score (nSPS) is 16.1. The molecule has 1 N–H and O–H groups in total. The number of nitrogens with one attached hydrogen (secondary N) is 1. The molecule has 1 amide bonds. The number of benzene rings is 2. The molecule has 0 aliphatic carbocycles. The number of hydrogen-bond acceptors (Lipinski definition) is 3. The van der Waals surface area contributed by atoms with E-state index in [9.17, 15) is 9.18 Å². The second-order valence-electron chi connectivity index (χ2n) is 6.94. The lowest BCUT2D eigenvalue weighted by atomic mass is 9.89. The molecule has 138 valence electrons. The Morgan fingerprint density at radius 2 is 1.96 bits per heavy atom. The van der Waals surface area contributed by atoms with E-state index >= 15 is 0 Å². The standard InChI is InChI=1S/C22H20FNO2S/c1-13(2)26-17-8-6-14(7-9-17)18-11-20(25)24-21-19(12-27-22(18)21)15-4-3-5-16(23)10-15/h3-10,12-13,18H,11H2,1-2H3,(H,24,25). The zero-order chi connectivity index (χ0) is 19.0. The van der Waals surface area contributed by atoms with Crippen molar-refractivity contribution in [3.8, 4) is 16.9 Å². The number of halogens is 1. The zero-order valence-electron chi connectivity index (χ0n) is 15.2. The summed E-state index contributed by atoms with van der Waals surface area (Å²) >= 11 is 1.60. The maximum absolute atomic E-state index is 13.6. The lowest BCUT2D eigenvalue weighted by Gasteiger charge is -2.24. The number of thiophene rings is 1. The lowest BCUT2D eigenvalue weighted by Crippen LogP contribution is -2.22. The van der Waals surface area contributed by atoms with Crippen LogP contribution >= 0.6 is 11.3 Å². The Labute approximate surface area is 161 Å². The molecule has 0 fully saturated rings. The van der Waals surface area contributed by atoms with Gasteiger partial charge in [-0.15, -0.1) is 11.3 Å². The van der Waals surface area contributed by atoms with E-state index in [1.165, 1.54) is 12.1 Å². The molecule has 2 heterocycles. The van der Waals surface area contributed by atoms with Gasteiger partial charge in [-0.2, -0.15) is 0 Å². The van der Waals surface area contributed by atoms with Crippen LogP contribution in [0.15, 0.2) is 53.9 Å². The fourth-order valence-corrected chi connectivity index (χ4v) is 4.58. The smallest absolute Gasteiger partial charge is 0.225 e. The van der Waals surface area contributed by atoms with E-state index in [0.29, 0.717) is 6.42 Å². The molecule has 1 aliphatic heterocycles. The number of carbonyl (C=O) groups excluding carboxylic acids is 1. The predicted octanol–water partition coefficient (Wildman–Crippen LogP) is 5.82. The quantitative estimate of drug-likeness (QED) is 0.619. The molecule has 0 saturated heterocycles. The van der Waals surface area contributed by atoms with Crippen LogP contribution in [0.1, 0.15) is 36.6 Å². The van der Waals surface area contributed by atoms with Crippen LogP contribution in [0.4, 0.5) is 10.1 Å². The molecular formula is C22H20FNO2S. The van der Waals surface area contributed by atoms with Crippen LogP contribution in [-0.2, 0) is 4.79 Å². The van der Waals surface area contributed by atoms with Crippen molar-refractivity contribution in [2.75, 3.05) is 5.32 Å². The third kappa shape index (κ3) is 3.60. The van der Waals surface area contributed by atoms with E-state index in [-0.39, 0.29) is 23.7 Å². The Bertz CT molecular complexity index is 978. The minimum absolute atomic E-state index is 0.00541. The summed E-state index contributed by atoms with van der Waals surface area (Å²) in [6.07, 6.45) is 0.523. The minimum Gasteiger partial charge on any atom is -0.491 e. The summed E-state index contributed by atoms with van der Waals surface area (Å²) in [5, 5.41) is 4.98. The molecule has 27 heavy (non-hydrogen) atoms. The Morgan fingerprint density at radius 1 is 1.19 bits per heavy atom. The van der Waals surface area contributed by atoms with Crippen molar-refractivity contribution in [2.45, 2.75) is 32.3 Å². The number of anilines is 1. The fourth-order valence-electron chi connectivity index (χ4n) is 3.42. The molecule has 0 bridgehead atoms. The van der Waals surface area contributed by atoms with Gasteiger partial charge in [0, 0.05) is 28.2 Å². The number of hydrogen-bond donors (Lipinski definition) is 1. The first-order valence-corrected chi connectivity index (χ1v) is 9.83. The molecule has 1 aliphatic rings. The van der Waals surface area contributed by atoms with E-state index < -0.39 is 0 Å². The van der Waals surface area contributed by atoms with Crippen LogP contribution in [0.2, 0.25) is 0 Å². The molecule has 3 nitrogen and oxygen atoms in total. The monoisotopic (exact) mass is 381 g/mol. The van der Waals surface area contributed by atoms with Gasteiger partial charge in [0.1, 0.15) is 11.6 Å². The van der Waals surface area contributed by atoms with Crippen LogP contribution in [0.3, 0.4) is 0 Å². The molecule has 1 atom stereocenters. The molecule has 1 unspecified atom stereocenters. The van der Waals surface area contributed by atoms with Crippen molar-refractivity contribution < 1.29 is 13.9 Å². The SMILES string of the molecule is CC(C)Oc1ccc(C2CC(=O)Nc3c(-c4cccc(F)c4)csc32)cc1. The van der Waals surface area contributed by atoms with Gasteiger partial charge in [0.05, 0.1) is 11.8 Å². The van der Waals surface area contributed by atoms with Gasteiger partial charge in [-0.25, -0.2) is 4.39 Å². The summed E-state index contributed by atoms with van der Waals surface area (Å²) in [5.41, 5.74) is 3.52. The van der Waals surface area contributed by atoms with Crippen molar-refractivity contribution in [1.82, 2.24) is 0 Å². The molecule has 1 aromatic heterocycles. The van der Waals surface area contributed by atoms with Crippen molar-refractivity contribution in [2.24, 2.45) is 0 Å². The lowest BCUT2D eigenvalue weighted by molar-refractivity contribution is -0.116. The summed E-state index contributed by atoms with van der Waals surface area (Å²) in [6, 6.07) is 14.4. The number of fused-ring (bicyclic) bond motifs is 1. The van der Waals surface area contributed by atoms with Crippen LogP contribution in [0.5, 0.6) is 5.75 Å². The van der Waals surface area contributed by atoms with E-state index in [0.717, 1.165) is 33.0 Å². The first-order valence-electron chi connectivity index (χ1n) is 8.95. The third-order valence-corrected chi connectivity index (χ3v) is 5.68. The minimum atomic E-state index is -0.285. The van der Waals surface area contributed by atoms with Crippen LogP contribution < -0.4 is 10.1 Å². The number of carbonyl (C=O) groups is 1. The highest BCUT2D eigenvalue weighted by atomic mass is 32.1. The third-order valence-electron chi connectivity index (χ3n) is 4.58. The van der Waals surface area contributed by atoms with Gasteiger partial charge in [-0.05, 0) is 49.2 Å². The average molecular weight is 381 g/mol. The maximum Gasteiger partial charge on any atom is 0.225 e. The van der Waals surface area contributed by atoms with Crippen LogP contribution in [0, 0.1) is 5.82 Å². The summed E-state index contributed by atoms with van der Waals surface area (Å²) < 4.78 is 19.3. The van der Waals surface area contributed by atoms with Crippen molar-refractivity contribution >= 4 is 22.9 Å². The second kappa shape index (κ2) is 7.16. The summed E-state index contributed by atoms with van der Waals surface area (Å²) in [7, 11) is 0. The summed E-state index contributed by atoms with van der Waals surface area (Å²) in [5.74, 6) is 0.507. The largest absolute Gasteiger partial charge is 0.491 e. The van der Waals surface area contributed by atoms with Gasteiger partial charge < -0.3 is 10.1 Å². The van der Waals surface area contributed by atoms with Gasteiger partial charge in [-0.1, -0.05) is 24.3 Å². The molecular weight excluding hydrogens is 361 g/mol. The number of rotatable bonds is 4. The van der Waals surface area contributed by atoms with Crippen molar-refractivity contribution in [3.05, 3.63) is 70.2 Å². The van der Waals surface area contributed by atoms with E-state index in [1.807, 2.05) is 49.6 Å². The fraction of sp³-hybridized carbons (Fsp3) is 0.227. The molecule has 2 aromatic carbocycles. The molecule has 0 radical (unpaired) electrons. The maximum atomic E-state index is 13.6. The van der Waals surface area contributed by atoms with Crippen LogP contribution in [0.25, 0.3) is 11.1 Å². The molecule has 4 rings (SSSR count). The van der Waals surface area contributed by atoms with Crippen LogP contribution in [-0.4, -0.2) is 12.0 Å². The van der Waals surface area contributed by atoms with Crippen molar-refractivity contribution in [3.63, 3.8) is 0 Å². The first-order chi connectivity index (χ1) is 13.0. The number of amides is 1. The van der Waals surface area contributed by atoms with Crippen molar-refractivity contribution in [1.29, 1.82) is 0 Å². The highest BCUT2D eigenvalue weighted by Gasteiger charge is 2.30. The van der Waals surface area contributed by atoms with E-state index in [1.54, 1.807) is 17.4 Å². The predicted molar refractivity (Wildman–Crippen MR) is 107 cm³/mol. The molecule has 5 heteroatoms. The van der Waals surface area contributed by atoms with Gasteiger partial charge in [0.15, 0.2) is 0 Å². The van der Waals surface area contributed by atoms with Gasteiger partial charge in [0.2, 0.25) is 5.91 Å². The Morgan fingerprint density at radius 3 is 2.67 bits per heavy atom. The Hall–Kier alpha value is -2.66. The zero-order valence-corrected chi connectivity index (χ0v) is 16.0. The molecule has 0 spiro atoms. The summed E-state index contributed by atoms with van der Waals surface area (Å²) in [6.45, 7) is 3.98. The Balaban J connectivity index is 1.71. The van der Waals surface area contributed by atoms with Gasteiger partial charge >= 0.3 is 0 Å². The molecule has 0 saturated carbocycles. The Kier molecular flexibility index (Phi) is 4.70. The topological polar surface area (TPSA) is 38.3 Å². The highest BCUT2D eigenvalue weighted by molar-refractivity contribution is 7.11. The second-order valence-corrected chi connectivity index (χ2v) is 7.85. The van der Waals surface area contributed by atoms with Gasteiger partial charge in [0.25, 0.3) is 0 Å². The van der Waals surface area contributed by atoms with E-state index in [4.69, 9.17) is 4.74 Å². The molecule has 3 aromatic rings. The highest BCUT2D eigenvalue weighted by Crippen LogP contribution is 2.46.